The molecule has 6 heteroatoms. The molecule has 0 saturated heterocycles. The molecule has 0 fully saturated rings. The number of hydrogen-bond donors (Lipinski definition) is 2. The second-order valence-corrected chi connectivity index (χ2v) is 3.45. The first kappa shape index (κ1) is 10.4. The number of carbonyl (C=O) groups is 1. The number of aromatic amines is 2. The predicted octanol–water partition coefficient (Wildman–Crippen LogP) is 1.11. The molecule has 0 radical (unpaired) electrons. The average Bonchev–Trinajstić information content (AvgIpc) is 2.84. The number of ether oxygens (including phenoxy) is 1. The van der Waals surface area contributed by atoms with Crippen molar-refractivity contribution in [2.24, 2.45) is 0 Å². The van der Waals surface area contributed by atoms with Gasteiger partial charge in [0.25, 0.3) is 0 Å². The Morgan fingerprint density at radius 3 is 2.81 bits per heavy atom. The van der Waals surface area contributed by atoms with Gasteiger partial charge in [0.2, 0.25) is 0 Å². The van der Waals surface area contributed by atoms with E-state index in [1.165, 1.54) is 6.33 Å². The lowest BCUT2D eigenvalue weighted by atomic mass is 10.3. The molecule has 2 aromatic heterocycles. The van der Waals surface area contributed by atoms with Gasteiger partial charge < -0.3 is 14.7 Å². The highest BCUT2D eigenvalue weighted by Crippen LogP contribution is 2.05. The molecule has 0 atom stereocenters. The molecule has 2 heterocycles. The van der Waals surface area contributed by atoms with Gasteiger partial charge in [-0.1, -0.05) is 0 Å². The van der Waals surface area contributed by atoms with Crippen LogP contribution in [0.4, 0.5) is 0 Å². The topological polar surface area (TPSA) is 83.7 Å². The zero-order valence-electron chi connectivity index (χ0n) is 9.07. The van der Waals surface area contributed by atoms with Gasteiger partial charge >= 0.3 is 5.97 Å². The van der Waals surface area contributed by atoms with E-state index in [0.717, 1.165) is 11.5 Å². The lowest BCUT2D eigenvalue weighted by Gasteiger charge is -2.01. The Bertz CT molecular complexity index is 500. The van der Waals surface area contributed by atoms with E-state index in [-0.39, 0.29) is 6.61 Å². The number of nitrogens with one attached hydrogen (secondary N) is 2. The number of imidazole rings is 2. The molecule has 0 aromatic carbocycles. The van der Waals surface area contributed by atoms with Crippen LogP contribution in [0.5, 0.6) is 0 Å². The number of aromatic nitrogens is 4. The molecule has 0 aliphatic heterocycles. The maximum Gasteiger partial charge on any atom is 0.359 e. The smallest absolute Gasteiger partial charge is 0.359 e. The Morgan fingerprint density at radius 2 is 2.25 bits per heavy atom. The summed E-state index contributed by atoms with van der Waals surface area (Å²) in [5, 5.41) is 0. The van der Waals surface area contributed by atoms with Crippen LogP contribution in [-0.4, -0.2) is 25.9 Å². The quantitative estimate of drug-likeness (QED) is 0.759. The highest BCUT2D eigenvalue weighted by Gasteiger charge is 2.13. The molecule has 0 spiro atoms. The van der Waals surface area contributed by atoms with Crippen molar-refractivity contribution in [3.05, 3.63) is 35.4 Å². The predicted molar refractivity (Wildman–Crippen MR) is 55.8 cm³/mol. The molecule has 0 unspecified atom stereocenters. The fraction of sp³-hybridized carbons (Fsp3) is 0.300. The summed E-state index contributed by atoms with van der Waals surface area (Å²) in [5.41, 5.74) is 1.78. The first-order valence-electron chi connectivity index (χ1n) is 4.84. The summed E-state index contributed by atoms with van der Waals surface area (Å²) in [6.45, 7) is 3.78. The molecule has 6 nitrogen and oxygen atoms in total. The van der Waals surface area contributed by atoms with Crippen LogP contribution in [-0.2, 0) is 11.3 Å². The maximum atomic E-state index is 11.6. The van der Waals surface area contributed by atoms with Crippen molar-refractivity contribution in [1.29, 1.82) is 0 Å². The molecular weight excluding hydrogens is 208 g/mol. The molecule has 0 amide bonds. The van der Waals surface area contributed by atoms with Crippen LogP contribution in [0.25, 0.3) is 0 Å². The summed E-state index contributed by atoms with van der Waals surface area (Å²) >= 11 is 0. The van der Waals surface area contributed by atoms with E-state index in [9.17, 15) is 4.79 Å². The number of nitrogens with zero attached hydrogens (tertiary/aromatic N) is 2. The number of rotatable bonds is 3. The zero-order chi connectivity index (χ0) is 11.5. The minimum absolute atomic E-state index is 0.173. The molecular formula is C10H12N4O2. The van der Waals surface area contributed by atoms with Gasteiger partial charge in [-0.15, -0.1) is 0 Å². The summed E-state index contributed by atoms with van der Waals surface area (Å²) in [7, 11) is 0. The van der Waals surface area contributed by atoms with E-state index in [0.29, 0.717) is 11.4 Å². The fourth-order valence-corrected chi connectivity index (χ4v) is 1.32. The van der Waals surface area contributed by atoms with Crippen LogP contribution in [0, 0.1) is 13.8 Å². The lowest BCUT2D eigenvalue weighted by Crippen LogP contribution is -2.07. The van der Waals surface area contributed by atoms with Gasteiger partial charge in [0, 0.05) is 5.69 Å². The minimum atomic E-state index is -0.439. The van der Waals surface area contributed by atoms with E-state index in [2.05, 4.69) is 19.9 Å². The van der Waals surface area contributed by atoms with Crippen molar-refractivity contribution >= 4 is 5.97 Å². The van der Waals surface area contributed by atoms with Gasteiger partial charge in [-0.25, -0.2) is 14.8 Å². The number of esters is 1. The van der Waals surface area contributed by atoms with Crippen molar-refractivity contribution in [2.45, 2.75) is 20.5 Å². The Morgan fingerprint density at radius 1 is 1.44 bits per heavy atom. The monoisotopic (exact) mass is 220 g/mol. The lowest BCUT2D eigenvalue weighted by molar-refractivity contribution is 0.0461. The van der Waals surface area contributed by atoms with Crippen LogP contribution < -0.4 is 0 Å². The average molecular weight is 220 g/mol. The fourth-order valence-electron chi connectivity index (χ4n) is 1.32. The van der Waals surface area contributed by atoms with Crippen molar-refractivity contribution in [1.82, 2.24) is 19.9 Å². The second-order valence-electron chi connectivity index (χ2n) is 3.45. The number of carbonyl (C=O) groups excluding carboxylic acids is 1. The Balaban J connectivity index is 1.96. The summed E-state index contributed by atoms with van der Waals surface area (Å²) in [5.74, 6) is 0.355. The molecule has 0 aliphatic carbocycles. The molecule has 0 saturated carbocycles. The molecule has 2 rings (SSSR count). The first-order valence-corrected chi connectivity index (χ1v) is 4.84. The van der Waals surface area contributed by atoms with Gasteiger partial charge in [0.1, 0.15) is 12.4 Å². The Labute approximate surface area is 92.1 Å². The van der Waals surface area contributed by atoms with Crippen LogP contribution in [0.15, 0.2) is 12.5 Å². The first-order chi connectivity index (χ1) is 7.66. The highest BCUT2D eigenvalue weighted by atomic mass is 16.5. The van der Waals surface area contributed by atoms with Crippen LogP contribution in [0.1, 0.15) is 27.7 Å². The number of H-pyrrole nitrogens is 2. The summed E-state index contributed by atoms with van der Waals surface area (Å²) in [4.78, 5) is 25.2. The van der Waals surface area contributed by atoms with E-state index < -0.39 is 5.97 Å². The molecule has 84 valence electrons. The standard InChI is InChI=1S/C10H12N4O2/c1-6-9(13-5-12-6)10(15)16-4-8-3-11-7(2)14-8/h3,5H,4H2,1-2H3,(H,11,14)(H,12,13). The molecule has 0 aliphatic rings. The highest BCUT2D eigenvalue weighted by molar-refractivity contribution is 5.88. The van der Waals surface area contributed by atoms with E-state index in [4.69, 9.17) is 4.74 Å². The van der Waals surface area contributed by atoms with E-state index in [1.807, 2.05) is 6.92 Å². The third-order valence-corrected chi connectivity index (χ3v) is 2.14. The maximum absolute atomic E-state index is 11.6. The minimum Gasteiger partial charge on any atom is -0.454 e. The van der Waals surface area contributed by atoms with E-state index in [1.54, 1.807) is 13.1 Å². The van der Waals surface area contributed by atoms with Crippen molar-refractivity contribution in [3.8, 4) is 0 Å². The van der Waals surface area contributed by atoms with Crippen molar-refractivity contribution in [2.75, 3.05) is 0 Å². The molecule has 2 aromatic rings. The molecule has 0 bridgehead atoms. The largest absolute Gasteiger partial charge is 0.454 e. The van der Waals surface area contributed by atoms with Gasteiger partial charge in [-0.3, -0.25) is 0 Å². The van der Waals surface area contributed by atoms with Crippen LogP contribution >= 0.6 is 0 Å². The summed E-state index contributed by atoms with van der Waals surface area (Å²) < 4.78 is 5.07. The summed E-state index contributed by atoms with van der Waals surface area (Å²) in [6, 6.07) is 0. The SMILES string of the molecule is Cc1ncc(COC(=O)c2nc[nH]c2C)[nH]1. The molecule has 2 N–H and O–H groups in total. The van der Waals surface area contributed by atoms with Gasteiger partial charge in [0.05, 0.1) is 18.2 Å². The number of hydrogen-bond acceptors (Lipinski definition) is 4. The zero-order valence-corrected chi connectivity index (χ0v) is 9.07. The van der Waals surface area contributed by atoms with Crippen LogP contribution in [0.2, 0.25) is 0 Å². The number of aryl methyl sites for hydroxylation is 2. The third-order valence-electron chi connectivity index (χ3n) is 2.14. The van der Waals surface area contributed by atoms with E-state index >= 15 is 0 Å². The van der Waals surface area contributed by atoms with Crippen molar-refractivity contribution in [3.63, 3.8) is 0 Å². The normalized spacial score (nSPS) is 10.4. The van der Waals surface area contributed by atoms with Crippen LogP contribution in [0.3, 0.4) is 0 Å². The third kappa shape index (κ3) is 2.10. The van der Waals surface area contributed by atoms with Crippen molar-refractivity contribution < 1.29 is 9.53 Å². The van der Waals surface area contributed by atoms with Gasteiger partial charge in [-0.05, 0) is 13.8 Å². The van der Waals surface area contributed by atoms with Gasteiger partial charge in [-0.2, -0.15) is 0 Å². The Kier molecular flexibility index (Phi) is 2.72. The molecule has 16 heavy (non-hydrogen) atoms. The summed E-state index contributed by atoms with van der Waals surface area (Å²) in [6.07, 6.45) is 3.10. The van der Waals surface area contributed by atoms with Gasteiger partial charge in [0.15, 0.2) is 5.69 Å². The Hall–Kier alpha value is -2.11. The second kappa shape index (κ2) is 4.18.